The molecule has 162 valence electrons. The molecule has 2 aromatic rings. The summed E-state index contributed by atoms with van der Waals surface area (Å²) >= 11 is 12.0. The molecular weight excluding hydrogens is 447 g/mol. The Morgan fingerprint density at radius 1 is 1.07 bits per heavy atom. The van der Waals surface area contributed by atoms with Crippen molar-refractivity contribution in [3.05, 3.63) is 52.5 Å². The molecule has 1 aliphatic rings. The summed E-state index contributed by atoms with van der Waals surface area (Å²) in [6, 6.07) is 10.7. The maximum absolute atomic E-state index is 12.6. The lowest BCUT2D eigenvalue weighted by Gasteiger charge is -2.24. The monoisotopic (exact) mass is 470 g/mol. The first-order valence-corrected chi connectivity index (χ1v) is 12.0. The molecule has 1 fully saturated rings. The van der Waals surface area contributed by atoms with Gasteiger partial charge >= 0.3 is 0 Å². The Morgan fingerprint density at radius 2 is 1.73 bits per heavy atom. The van der Waals surface area contributed by atoms with Gasteiger partial charge in [-0.2, -0.15) is 0 Å². The van der Waals surface area contributed by atoms with Crippen LogP contribution in [0.1, 0.15) is 39.0 Å². The lowest BCUT2D eigenvalue weighted by atomic mass is 9.95. The van der Waals surface area contributed by atoms with E-state index in [0.29, 0.717) is 5.75 Å². The van der Waals surface area contributed by atoms with Gasteiger partial charge in [-0.25, -0.2) is 8.42 Å². The summed E-state index contributed by atoms with van der Waals surface area (Å²) < 4.78 is 33.3. The third-order valence-corrected chi connectivity index (χ3v) is 7.16. The van der Waals surface area contributed by atoms with Gasteiger partial charge in [-0.15, -0.1) is 0 Å². The number of carbonyl (C=O) groups is 1. The van der Waals surface area contributed by atoms with Crippen molar-refractivity contribution < 1.29 is 17.9 Å². The van der Waals surface area contributed by atoms with Gasteiger partial charge in [-0.1, -0.05) is 48.5 Å². The zero-order valence-corrected chi connectivity index (χ0v) is 18.9. The predicted octanol–water partition coefficient (Wildman–Crippen LogP) is 5.01. The van der Waals surface area contributed by atoms with E-state index in [9.17, 15) is 13.2 Å². The van der Waals surface area contributed by atoms with Crippen LogP contribution in [0.3, 0.4) is 0 Å². The van der Waals surface area contributed by atoms with E-state index in [1.807, 2.05) is 0 Å². The Hall–Kier alpha value is -1.96. The highest BCUT2D eigenvalue weighted by atomic mass is 35.5. The standard InChI is InChI=1S/C21H24Cl2N2O4S/c1-14(21(26)24-15-6-3-2-4-7-15)29-16-10-12-17(13-11-16)30(27,28)25-19-9-5-8-18(22)20(19)23/h5,8-15,25H,2-4,6-7H2,1H3,(H,24,26)/t14-/m1/s1. The molecule has 0 radical (unpaired) electrons. The van der Waals surface area contributed by atoms with Crippen LogP contribution in [-0.4, -0.2) is 26.5 Å². The van der Waals surface area contributed by atoms with Crippen LogP contribution in [0.15, 0.2) is 47.4 Å². The largest absolute Gasteiger partial charge is 0.481 e. The molecule has 0 unspecified atom stereocenters. The summed E-state index contributed by atoms with van der Waals surface area (Å²) in [5, 5.41) is 3.40. The van der Waals surface area contributed by atoms with Crippen molar-refractivity contribution in [3.63, 3.8) is 0 Å². The van der Waals surface area contributed by atoms with E-state index in [1.54, 1.807) is 19.1 Å². The average molecular weight is 471 g/mol. The number of halogens is 2. The Kier molecular flexibility index (Phi) is 7.50. The third-order valence-electron chi connectivity index (χ3n) is 4.96. The molecule has 30 heavy (non-hydrogen) atoms. The van der Waals surface area contributed by atoms with Gasteiger partial charge in [-0.05, 0) is 56.2 Å². The number of hydrogen-bond donors (Lipinski definition) is 2. The number of ether oxygens (including phenoxy) is 1. The highest BCUT2D eigenvalue weighted by Crippen LogP contribution is 2.31. The van der Waals surface area contributed by atoms with Gasteiger partial charge in [0.1, 0.15) is 5.75 Å². The van der Waals surface area contributed by atoms with Crippen molar-refractivity contribution in [3.8, 4) is 5.75 Å². The minimum Gasteiger partial charge on any atom is -0.481 e. The zero-order valence-electron chi connectivity index (χ0n) is 16.5. The quantitative estimate of drug-likeness (QED) is 0.595. The first-order chi connectivity index (χ1) is 14.3. The fourth-order valence-electron chi connectivity index (χ4n) is 3.31. The molecule has 2 N–H and O–H groups in total. The highest BCUT2D eigenvalue weighted by Gasteiger charge is 2.21. The molecular formula is C21H24Cl2N2O4S. The molecule has 0 spiro atoms. The molecule has 0 saturated heterocycles. The van der Waals surface area contributed by atoms with Crippen LogP contribution in [0.4, 0.5) is 5.69 Å². The Labute approximate surface area is 187 Å². The molecule has 0 aliphatic heterocycles. The normalized spacial score (nSPS) is 16.0. The summed E-state index contributed by atoms with van der Waals surface area (Å²) in [5.74, 6) is 0.233. The van der Waals surface area contributed by atoms with Gasteiger partial charge in [0.2, 0.25) is 0 Å². The van der Waals surface area contributed by atoms with Crippen LogP contribution in [-0.2, 0) is 14.8 Å². The van der Waals surface area contributed by atoms with Crippen molar-refractivity contribution in [2.24, 2.45) is 0 Å². The van der Waals surface area contributed by atoms with E-state index >= 15 is 0 Å². The number of hydrogen-bond acceptors (Lipinski definition) is 4. The second-order valence-electron chi connectivity index (χ2n) is 7.28. The number of sulfonamides is 1. The SMILES string of the molecule is C[C@@H](Oc1ccc(S(=O)(=O)Nc2cccc(Cl)c2Cl)cc1)C(=O)NC1CCCCC1. The van der Waals surface area contributed by atoms with Gasteiger partial charge in [0.25, 0.3) is 15.9 Å². The van der Waals surface area contributed by atoms with Crippen LogP contribution in [0, 0.1) is 0 Å². The molecule has 1 aliphatic carbocycles. The fourth-order valence-corrected chi connectivity index (χ4v) is 4.78. The van der Waals surface area contributed by atoms with Crippen molar-refractivity contribution in [2.45, 2.75) is 56.1 Å². The van der Waals surface area contributed by atoms with Crippen LogP contribution in [0.25, 0.3) is 0 Å². The van der Waals surface area contributed by atoms with Crippen molar-refractivity contribution in [1.29, 1.82) is 0 Å². The third kappa shape index (κ3) is 5.80. The molecule has 3 rings (SSSR count). The van der Waals surface area contributed by atoms with E-state index in [2.05, 4.69) is 10.0 Å². The molecule has 0 aromatic heterocycles. The van der Waals surface area contributed by atoms with E-state index in [1.165, 1.54) is 36.8 Å². The van der Waals surface area contributed by atoms with Gasteiger partial charge in [-0.3, -0.25) is 9.52 Å². The molecule has 0 bridgehead atoms. The molecule has 6 nitrogen and oxygen atoms in total. The topological polar surface area (TPSA) is 84.5 Å². The number of rotatable bonds is 7. The summed E-state index contributed by atoms with van der Waals surface area (Å²) in [6.07, 6.45) is 4.78. The Balaban J connectivity index is 1.62. The predicted molar refractivity (Wildman–Crippen MR) is 119 cm³/mol. The molecule has 0 heterocycles. The van der Waals surface area contributed by atoms with E-state index in [-0.39, 0.29) is 32.6 Å². The summed E-state index contributed by atoms with van der Waals surface area (Å²) in [4.78, 5) is 12.4. The number of nitrogens with one attached hydrogen (secondary N) is 2. The second kappa shape index (κ2) is 9.90. The first kappa shape index (κ1) is 22.7. The number of benzene rings is 2. The number of carbonyl (C=O) groups excluding carboxylic acids is 1. The maximum atomic E-state index is 12.6. The zero-order chi connectivity index (χ0) is 21.7. The van der Waals surface area contributed by atoms with Crippen LogP contribution < -0.4 is 14.8 Å². The molecule has 1 atom stereocenters. The van der Waals surface area contributed by atoms with Gasteiger partial charge in [0.15, 0.2) is 6.10 Å². The first-order valence-electron chi connectivity index (χ1n) is 9.80. The lowest BCUT2D eigenvalue weighted by molar-refractivity contribution is -0.128. The lowest BCUT2D eigenvalue weighted by Crippen LogP contribution is -2.43. The molecule has 1 saturated carbocycles. The summed E-state index contributed by atoms with van der Waals surface area (Å²) in [6.45, 7) is 1.67. The second-order valence-corrected chi connectivity index (χ2v) is 9.75. The van der Waals surface area contributed by atoms with E-state index in [4.69, 9.17) is 27.9 Å². The van der Waals surface area contributed by atoms with Crippen LogP contribution in [0.5, 0.6) is 5.75 Å². The van der Waals surface area contributed by atoms with Gasteiger partial charge in [0.05, 0.1) is 20.6 Å². The van der Waals surface area contributed by atoms with Gasteiger partial charge in [0, 0.05) is 6.04 Å². The highest BCUT2D eigenvalue weighted by molar-refractivity contribution is 7.92. The fraction of sp³-hybridized carbons (Fsp3) is 0.381. The molecule has 1 amide bonds. The molecule has 9 heteroatoms. The smallest absolute Gasteiger partial charge is 0.261 e. The van der Waals surface area contributed by atoms with Crippen LogP contribution in [0.2, 0.25) is 10.0 Å². The average Bonchev–Trinajstić information content (AvgIpc) is 2.72. The minimum atomic E-state index is -3.86. The molecule has 2 aromatic carbocycles. The van der Waals surface area contributed by atoms with Crippen molar-refractivity contribution in [2.75, 3.05) is 4.72 Å². The Bertz CT molecular complexity index is 991. The Morgan fingerprint density at radius 3 is 2.40 bits per heavy atom. The maximum Gasteiger partial charge on any atom is 0.261 e. The number of anilines is 1. The van der Waals surface area contributed by atoms with Crippen molar-refractivity contribution in [1.82, 2.24) is 5.32 Å². The van der Waals surface area contributed by atoms with Crippen molar-refractivity contribution >= 4 is 44.8 Å². The van der Waals surface area contributed by atoms with E-state index in [0.717, 1.165) is 25.7 Å². The summed E-state index contributed by atoms with van der Waals surface area (Å²) in [7, 11) is -3.86. The summed E-state index contributed by atoms with van der Waals surface area (Å²) in [5.41, 5.74) is 0.192. The van der Waals surface area contributed by atoms with Crippen LogP contribution >= 0.6 is 23.2 Å². The minimum absolute atomic E-state index is 0.0326. The van der Waals surface area contributed by atoms with Gasteiger partial charge < -0.3 is 10.1 Å². The number of amides is 1. The van der Waals surface area contributed by atoms with E-state index < -0.39 is 16.1 Å².